The van der Waals surface area contributed by atoms with Gasteiger partial charge in [0, 0.05) is 16.9 Å². The van der Waals surface area contributed by atoms with Crippen LogP contribution in [0.25, 0.3) is 0 Å². The molecule has 164 valence electrons. The van der Waals surface area contributed by atoms with E-state index in [1.165, 1.54) is 0 Å². The van der Waals surface area contributed by atoms with Crippen LogP contribution in [0.15, 0.2) is 30.5 Å². The number of ether oxygens (including phenoxy) is 1. The molecule has 5 N–H and O–H groups in total. The number of rotatable bonds is 7. The fourth-order valence-electron chi connectivity index (χ4n) is 4.14. The molecule has 0 bridgehead atoms. The highest BCUT2D eigenvalue weighted by molar-refractivity contribution is 6.30. The van der Waals surface area contributed by atoms with Crippen LogP contribution in [0.1, 0.15) is 35.7 Å². The number of nitrogens with one attached hydrogen (secondary N) is 2. The molecule has 2 heterocycles. The molecule has 1 aromatic carbocycles. The number of aromatic nitrogens is 2. The maximum atomic E-state index is 12.0. The Labute approximate surface area is 185 Å². The molecule has 9 nitrogen and oxygen atoms in total. The van der Waals surface area contributed by atoms with Crippen molar-refractivity contribution in [2.75, 3.05) is 18.5 Å². The van der Waals surface area contributed by atoms with Crippen LogP contribution in [0.2, 0.25) is 5.02 Å². The third-order valence-electron chi connectivity index (χ3n) is 5.96. The van der Waals surface area contributed by atoms with Crippen molar-refractivity contribution in [2.24, 2.45) is 17.6 Å². The summed E-state index contributed by atoms with van der Waals surface area (Å²) in [6.07, 6.45) is 2.84. The number of halogens is 1. The fraction of sp³-hybridized carbons (Fsp3) is 0.476. The first-order chi connectivity index (χ1) is 14.9. The molecule has 1 aromatic heterocycles. The van der Waals surface area contributed by atoms with Gasteiger partial charge < -0.3 is 20.9 Å². The Morgan fingerprint density at radius 1 is 1.35 bits per heavy atom. The maximum Gasteiger partial charge on any atom is 0.254 e. The standard InChI is InChI=1S/C21H25ClN6O3/c22-14-2-4-15(5-3-14)25-20-17(19(24)29)9-28(27-20)18-6-1-12(7-13(18)8-23)21(30)26-16-10-31-11-16/h2-5,9,12-13,16,18,21,26,30H,1,6-7,10-11H2,(H2,24,29)(H,25,27)/t12-,13+,18-,21?/m0/s1. The van der Waals surface area contributed by atoms with Crippen LogP contribution in [-0.4, -0.2) is 46.3 Å². The van der Waals surface area contributed by atoms with E-state index in [-0.39, 0.29) is 29.5 Å². The van der Waals surface area contributed by atoms with Gasteiger partial charge in [-0.05, 0) is 49.4 Å². The van der Waals surface area contributed by atoms with Gasteiger partial charge in [-0.1, -0.05) is 11.6 Å². The van der Waals surface area contributed by atoms with E-state index in [1.807, 2.05) is 0 Å². The number of anilines is 2. The smallest absolute Gasteiger partial charge is 0.254 e. The molecular weight excluding hydrogens is 420 g/mol. The van der Waals surface area contributed by atoms with Gasteiger partial charge in [-0.15, -0.1) is 0 Å². The zero-order valence-electron chi connectivity index (χ0n) is 16.9. The number of nitriles is 1. The maximum absolute atomic E-state index is 12.0. The van der Waals surface area contributed by atoms with Crippen LogP contribution < -0.4 is 16.4 Å². The topological polar surface area (TPSA) is 138 Å². The number of amides is 1. The van der Waals surface area contributed by atoms with Crippen molar-refractivity contribution < 1.29 is 14.6 Å². The van der Waals surface area contributed by atoms with E-state index in [2.05, 4.69) is 21.8 Å². The highest BCUT2D eigenvalue weighted by atomic mass is 35.5. The molecule has 2 aromatic rings. The van der Waals surface area contributed by atoms with Gasteiger partial charge in [0.15, 0.2) is 5.82 Å². The van der Waals surface area contributed by atoms with Crippen LogP contribution in [0.5, 0.6) is 0 Å². The van der Waals surface area contributed by atoms with E-state index in [4.69, 9.17) is 22.1 Å². The summed E-state index contributed by atoms with van der Waals surface area (Å²) in [4.78, 5) is 12.0. The quantitative estimate of drug-likeness (QED) is 0.480. The second-order valence-corrected chi connectivity index (χ2v) is 8.53. The molecule has 0 spiro atoms. The number of carbonyl (C=O) groups is 1. The van der Waals surface area contributed by atoms with Gasteiger partial charge in [0.05, 0.1) is 37.3 Å². The Morgan fingerprint density at radius 2 is 2.10 bits per heavy atom. The first kappa shape index (κ1) is 21.6. The average Bonchev–Trinajstić information content (AvgIpc) is 3.15. The number of carbonyl (C=O) groups excluding carboxylic acids is 1. The molecule has 31 heavy (non-hydrogen) atoms. The molecule has 4 rings (SSSR count). The van der Waals surface area contributed by atoms with Gasteiger partial charge in [0.25, 0.3) is 5.91 Å². The van der Waals surface area contributed by atoms with Crippen molar-refractivity contribution in [1.29, 1.82) is 5.26 Å². The second-order valence-electron chi connectivity index (χ2n) is 8.09. The number of aliphatic hydroxyl groups excluding tert-OH is 1. The third-order valence-corrected chi connectivity index (χ3v) is 6.21. The van der Waals surface area contributed by atoms with E-state index in [0.717, 1.165) is 6.42 Å². The zero-order chi connectivity index (χ0) is 22.0. The van der Waals surface area contributed by atoms with Gasteiger partial charge in [-0.25, -0.2) is 0 Å². The van der Waals surface area contributed by atoms with E-state index in [9.17, 15) is 15.2 Å². The minimum atomic E-state index is -0.674. The fourth-order valence-corrected chi connectivity index (χ4v) is 4.27. The molecule has 1 unspecified atom stereocenters. The summed E-state index contributed by atoms with van der Waals surface area (Å²) < 4.78 is 6.79. The number of primary amides is 1. The highest BCUT2D eigenvalue weighted by Gasteiger charge is 2.37. The summed E-state index contributed by atoms with van der Waals surface area (Å²) in [7, 11) is 0. The Balaban J connectivity index is 1.49. The van der Waals surface area contributed by atoms with Crippen molar-refractivity contribution in [3.63, 3.8) is 0 Å². The Kier molecular flexibility index (Phi) is 6.43. The molecule has 0 radical (unpaired) electrons. The molecular formula is C21H25ClN6O3. The van der Waals surface area contributed by atoms with Crippen molar-refractivity contribution in [3.05, 3.63) is 41.0 Å². The largest absolute Gasteiger partial charge is 0.378 e. The van der Waals surface area contributed by atoms with Gasteiger partial charge >= 0.3 is 0 Å². The van der Waals surface area contributed by atoms with Crippen molar-refractivity contribution in [2.45, 2.75) is 37.6 Å². The van der Waals surface area contributed by atoms with Crippen LogP contribution in [-0.2, 0) is 4.74 Å². The highest BCUT2D eigenvalue weighted by Crippen LogP contribution is 2.38. The minimum Gasteiger partial charge on any atom is -0.378 e. The predicted octanol–water partition coefficient (Wildman–Crippen LogP) is 2.17. The number of hydrogen-bond donors (Lipinski definition) is 4. The lowest BCUT2D eigenvalue weighted by atomic mass is 9.77. The summed E-state index contributed by atoms with van der Waals surface area (Å²) >= 11 is 5.93. The van der Waals surface area contributed by atoms with Crippen molar-refractivity contribution in [1.82, 2.24) is 15.1 Å². The molecule has 1 saturated heterocycles. The summed E-state index contributed by atoms with van der Waals surface area (Å²) in [5, 5.41) is 31.7. The summed E-state index contributed by atoms with van der Waals surface area (Å²) in [6, 6.07) is 9.32. The summed E-state index contributed by atoms with van der Waals surface area (Å²) in [6.45, 7) is 1.20. The minimum absolute atomic E-state index is 0.0284. The lowest BCUT2D eigenvalue weighted by molar-refractivity contribution is -0.0512. The first-order valence-corrected chi connectivity index (χ1v) is 10.7. The monoisotopic (exact) mass is 444 g/mol. The van der Waals surface area contributed by atoms with Crippen LogP contribution >= 0.6 is 11.6 Å². The van der Waals surface area contributed by atoms with Crippen LogP contribution in [0, 0.1) is 23.2 Å². The Bertz CT molecular complexity index is 968. The van der Waals surface area contributed by atoms with Crippen molar-refractivity contribution in [3.8, 4) is 6.07 Å². The number of nitrogens with two attached hydrogens (primary N) is 1. The molecule has 4 atom stereocenters. The van der Waals surface area contributed by atoms with E-state index in [0.29, 0.717) is 42.6 Å². The molecule has 1 amide bonds. The second kappa shape index (κ2) is 9.24. The number of aliphatic hydroxyl groups is 1. The molecule has 1 aliphatic heterocycles. The average molecular weight is 445 g/mol. The number of benzene rings is 1. The molecule has 2 fully saturated rings. The Hall–Kier alpha value is -2.64. The molecule has 1 aliphatic carbocycles. The van der Waals surface area contributed by atoms with E-state index >= 15 is 0 Å². The lowest BCUT2D eigenvalue weighted by Crippen LogP contribution is -2.53. The van der Waals surface area contributed by atoms with Gasteiger partial charge in [0.2, 0.25) is 0 Å². The normalized spacial score (nSPS) is 24.7. The number of hydrogen-bond acceptors (Lipinski definition) is 7. The molecule has 1 saturated carbocycles. The lowest BCUT2D eigenvalue weighted by Gasteiger charge is -2.37. The van der Waals surface area contributed by atoms with E-state index < -0.39 is 12.1 Å². The third kappa shape index (κ3) is 4.83. The summed E-state index contributed by atoms with van der Waals surface area (Å²) in [5.74, 6) is -0.649. The first-order valence-electron chi connectivity index (χ1n) is 10.3. The zero-order valence-corrected chi connectivity index (χ0v) is 17.6. The van der Waals surface area contributed by atoms with Crippen LogP contribution in [0.4, 0.5) is 11.5 Å². The van der Waals surface area contributed by atoms with Gasteiger partial charge in [-0.3, -0.25) is 14.8 Å². The van der Waals surface area contributed by atoms with Crippen LogP contribution in [0.3, 0.4) is 0 Å². The van der Waals surface area contributed by atoms with Crippen molar-refractivity contribution >= 4 is 29.0 Å². The van der Waals surface area contributed by atoms with Gasteiger partial charge in [-0.2, -0.15) is 10.4 Å². The SMILES string of the molecule is N#C[C@H]1C[C@@H](C(O)NC2COC2)CC[C@@H]1n1cc(C(N)=O)c(Nc2ccc(Cl)cc2)n1. The molecule has 2 aliphatic rings. The predicted molar refractivity (Wildman–Crippen MR) is 115 cm³/mol. The molecule has 10 heteroatoms. The van der Waals surface area contributed by atoms with Gasteiger partial charge in [0.1, 0.15) is 11.8 Å². The Morgan fingerprint density at radius 3 is 2.71 bits per heavy atom. The van der Waals surface area contributed by atoms with E-state index in [1.54, 1.807) is 35.1 Å². The number of nitrogens with zero attached hydrogens (tertiary/aromatic N) is 3. The summed E-state index contributed by atoms with van der Waals surface area (Å²) in [5.41, 5.74) is 6.52.